The number of nitrogens with one attached hydrogen (secondary N) is 1. The van der Waals surface area contributed by atoms with Crippen molar-refractivity contribution < 1.29 is 14.3 Å². The highest BCUT2D eigenvalue weighted by atomic mass is 16.5. The third-order valence-corrected chi connectivity index (χ3v) is 4.46. The Hall–Kier alpha value is -2.04. The molecule has 1 aromatic rings. The number of carbonyl (C=O) groups excluding carboxylic acids is 1. The molecule has 3 rings (SSSR count). The van der Waals surface area contributed by atoms with Crippen LogP contribution in [-0.4, -0.2) is 25.8 Å². The Kier molecular flexibility index (Phi) is 3.82. The number of rotatable bonds is 4. The third kappa shape index (κ3) is 2.73. The first-order valence-electron chi connectivity index (χ1n) is 7.30. The van der Waals surface area contributed by atoms with E-state index in [0.717, 1.165) is 18.1 Å². The molecular weight excluding hydrogens is 268 g/mol. The molecule has 1 aromatic carbocycles. The van der Waals surface area contributed by atoms with Crippen molar-refractivity contribution in [1.29, 1.82) is 0 Å². The van der Waals surface area contributed by atoms with Crippen molar-refractivity contribution in [1.82, 2.24) is 5.43 Å². The van der Waals surface area contributed by atoms with Gasteiger partial charge in [-0.05, 0) is 55.7 Å². The van der Waals surface area contributed by atoms with Crippen LogP contribution in [-0.2, 0) is 0 Å². The SMILES string of the molecule is COc1ccc(C(=O)NN=C2CC3CCC2C3)cc1OC. The first kappa shape index (κ1) is 13.9. The average Bonchev–Trinajstić information content (AvgIpc) is 3.14. The fourth-order valence-electron chi connectivity index (χ4n) is 3.33. The molecule has 0 saturated heterocycles. The molecule has 2 bridgehead atoms. The zero-order chi connectivity index (χ0) is 14.8. The lowest BCUT2D eigenvalue weighted by atomic mass is 9.99. The van der Waals surface area contributed by atoms with Gasteiger partial charge in [-0.1, -0.05) is 0 Å². The number of methoxy groups -OCH3 is 2. The van der Waals surface area contributed by atoms with E-state index in [4.69, 9.17) is 9.47 Å². The summed E-state index contributed by atoms with van der Waals surface area (Å²) in [6.07, 6.45) is 4.81. The van der Waals surface area contributed by atoms with Crippen molar-refractivity contribution in [2.75, 3.05) is 14.2 Å². The van der Waals surface area contributed by atoms with E-state index in [1.807, 2.05) is 0 Å². The van der Waals surface area contributed by atoms with Crippen molar-refractivity contribution in [2.24, 2.45) is 16.9 Å². The molecule has 0 heterocycles. The number of hydrogen-bond acceptors (Lipinski definition) is 4. The quantitative estimate of drug-likeness (QED) is 0.866. The summed E-state index contributed by atoms with van der Waals surface area (Å²) in [6.45, 7) is 0. The van der Waals surface area contributed by atoms with E-state index >= 15 is 0 Å². The van der Waals surface area contributed by atoms with Crippen LogP contribution in [0.15, 0.2) is 23.3 Å². The van der Waals surface area contributed by atoms with Crippen molar-refractivity contribution >= 4 is 11.6 Å². The van der Waals surface area contributed by atoms with E-state index in [-0.39, 0.29) is 5.91 Å². The number of benzene rings is 1. The summed E-state index contributed by atoms with van der Waals surface area (Å²) in [5.41, 5.74) is 4.33. The van der Waals surface area contributed by atoms with Gasteiger partial charge in [0.25, 0.3) is 5.91 Å². The monoisotopic (exact) mass is 288 g/mol. The third-order valence-electron chi connectivity index (χ3n) is 4.46. The molecule has 2 atom stereocenters. The molecule has 2 fully saturated rings. The Labute approximate surface area is 124 Å². The van der Waals surface area contributed by atoms with Gasteiger partial charge in [0.1, 0.15) is 0 Å². The second-order valence-electron chi connectivity index (χ2n) is 5.69. The molecular formula is C16H20N2O3. The van der Waals surface area contributed by atoms with Gasteiger partial charge in [-0.3, -0.25) is 4.79 Å². The van der Waals surface area contributed by atoms with E-state index in [2.05, 4.69) is 10.5 Å². The van der Waals surface area contributed by atoms with Crippen LogP contribution in [0.3, 0.4) is 0 Å². The first-order chi connectivity index (χ1) is 10.2. The molecule has 5 heteroatoms. The zero-order valence-electron chi connectivity index (χ0n) is 12.4. The lowest BCUT2D eigenvalue weighted by Crippen LogP contribution is -2.22. The fraction of sp³-hybridized carbons (Fsp3) is 0.500. The number of carbonyl (C=O) groups is 1. The van der Waals surface area contributed by atoms with Crippen LogP contribution in [0.1, 0.15) is 36.0 Å². The molecule has 5 nitrogen and oxygen atoms in total. The van der Waals surface area contributed by atoms with Gasteiger partial charge >= 0.3 is 0 Å². The van der Waals surface area contributed by atoms with Crippen molar-refractivity contribution in [3.8, 4) is 11.5 Å². The molecule has 2 aliphatic carbocycles. The minimum Gasteiger partial charge on any atom is -0.493 e. The second kappa shape index (κ2) is 5.76. The highest BCUT2D eigenvalue weighted by molar-refractivity contribution is 5.97. The Morgan fingerprint density at radius 3 is 2.67 bits per heavy atom. The van der Waals surface area contributed by atoms with Gasteiger partial charge < -0.3 is 9.47 Å². The van der Waals surface area contributed by atoms with E-state index in [1.165, 1.54) is 19.3 Å². The van der Waals surface area contributed by atoms with Gasteiger partial charge in [0.2, 0.25) is 0 Å². The van der Waals surface area contributed by atoms with Crippen LogP contribution in [0.25, 0.3) is 0 Å². The van der Waals surface area contributed by atoms with E-state index < -0.39 is 0 Å². The Morgan fingerprint density at radius 1 is 1.24 bits per heavy atom. The molecule has 1 amide bonds. The van der Waals surface area contributed by atoms with E-state index in [9.17, 15) is 4.79 Å². The molecule has 0 radical (unpaired) electrons. The first-order valence-corrected chi connectivity index (χ1v) is 7.30. The largest absolute Gasteiger partial charge is 0.493 e. The maximum atomic E-state index is 12.2. The van der Waals surface area contributed by atoms with Gasteiger partial charge in [0.05, 0.1) is 14.2 Å². The van der Waals surface area contributed by atoms with Gasteiger partial charge in [-0.15, -0.1) is 0 Å². The minimum absolute atomic E-state index is 0.216. The molecule has 0 aliphatic heterocycles. The lowest BCUT2D eigenvalue weighted by molar-refractivity contribution is 0.0954. The van der Waals surface area contributed by atoms with Crippen LogP contribution in [0.4, 0.5) is 0 Å². The lowest BCUT2D eigenvalue weighted by Gasteiger charge is -2.12. The summed E-state index contributed by atoms with van der Waals surface area (Å²) in [5, 5.41) is 4.33. The minimum atomic E-state index is -0.216. The zero-order valence-corrected chi connectivity index (χ0v) is 12.4. The topological polar surface area (TPSA) is 59.9 Å². The molecule has 2 unspecified atom stereocenters. The van der Waals surface area contributed by atoms with Crippen LogP contribution in [0.2, 0.25) is 0 Å². The molecule has 0 aromatic heterocycles. The number of ether oxygens (including phenoxy) is 2. The highest BCUT2D eigenvalue weighted by Crippen LogP contribution is 2.42. The number of nitrogens with zero attached hydrogens (tertiary/aromatic N) is 1. The smallest absolute Gasteiger partial charge is 0.271 e. The predicted molar refractivity (Wildman–Crippen MR) is 79.9 cm³/mol. The fourth-order valence-corrected chi connectivity index (χ4v) is 3.33. The van der Waals surface area contributed by atoms with Crippen LogP contribution in [0, 0.1) is 11.8 Å². The van der Waals surface area contributed by atoms with Crippen molar-refractivity contribution in [3.05, 3.63) is 23.8 Å². The van der Waals surface area contributed by atoms with E-state index in [1.54, 1.807) is 32.4 Å². The van der Waals surface area contributed by atoms with Gasteiger partial charge in [0.15, 0.2) is 11.5 Å². The van der Waals surface area contributed by atoms with Gasteiger partial charge in [-0.2, -0.15) is 5.10 Å². The van der Waals surface area contributed by atoms with E-state index in [0.29, 0.717) is 23.0 Å². The number of fused-ring (bicyclic) bond motifs is 2. The maximum absolute atomic E-state index is 12.2. The average molecular weight is 288 g/mol. The summed E-state index contributed by atoms with van der Waals surface area (Å²) in [7, 11) is 3.12. The molecule has 0 spiro atoms. The predicted octanol–water partition coefficient (Wildman–Crippen LogP) is 2.61. The number of amides is 1. The maximum Gasteiger partial charge on any atom is 0.271 e. The summed E-state index contributed by atoms with van der Waals surface area (Å²) in [5.74, 6) is 2.30. The van der Waals surface area contributed by atoms with Crippen molar-refractivity contribution in [2.45, 2.75) is 25.7 Å². The summed E-state index contributed by atoms with van der Waals surface area (Å²) < 4.78 is 10.4. The summed E-state index contributed by atoms with van der Waals surface area (Å²) in [6, 6.07) is 5.09. The van der Waals surface area contributed by atoms with Gasteiger partial charge in [0, 0.05) is 11.3 Å². The molecule has 2 aliphatic rings. The standard InChI is InChI=1S/C16H20N2O3/c1-20-14-6-5-12(9-15(14)21-2)16(19)18-17-13-8-10-3-4-11(13)7-10/h5-6,9-11H,3-4,7-8H2,1-2H3,(H,18,19). The highest BCUT2D eigenvalue weighted by Gasteiger charge is 2.36. The summed E-state index contributed by atoms with van der Waals surface area (Å²) in [4.78, 5) is 12.2. The van der Waals surface area contributed by atoms with Gasteiger partial charge in [-0.25, -0.2) is 5.43 Å². The molecule has 112 valence electrons. The molecule has 2 saturated carbocycles. The Morgan fingerprint density at radius 2 is 2.05 bits per heavy atom. The Bertz CT molecular complexity index is 583. The molecule has 1 N–H and O–H groups in total. The summed E-state index contributed by atoms with van der Waals surface area (Å²) >= 11 is 0. The number of hydrazone groups is 1. The Balaban J connectivity index is 1.69. The molecule has 21 heavy (non-hydrogen) atoms. The second-order valence-corrected chi connectivity index (χ2v) is 5.69. The van der Waals surface area contributed by atoms with Crippen LogP contribution < -0.4 is 14.9 Å². The van der Waals surface area contributed by atoms with Crippen molar-refractivity contribution in [3.63, 3.8) is 0 Å². The normalized spacial score (nSPS) is 25.1. The van der Waals surface area contributed by atoms with Crippen LogP contribution in [0.5, 0.6) is 11.5 Å². The van der Waals surface area contributed by atoms with Crippen LogP contribution >= 0.6 is 0 Å². The number of hydrogen-bond donors (Lipinski definition) is 1.